The molecular weight excluding hydrogens is 497 g/mol. The van der Waals surface area contributed by atoms with Gasteiger partial charge in [-0.25, -0.2) is 4.39 Å². The van der Waals surface area contributed by atoms with Crippen LogP contribution >= 0.6 is 0 Å². The zero-order valence-corrected chi connectivity index (χ0v) is 21.1. The normalized spacial score (nSPS) is 22.3. The fourth-order valence-electron chi connectivity index (χ4n) is 5.67. The summed E-state index contributed by atoms with van der Waals surface area (Å²) in [7, 11) is 0. The van der Waals surface area contributed by atoms with E-state index in [0.29, 0.717) is 24.3 Å². The molecule has 0 amide bonds. The molecule has 7 rings (SSSR count). The highest BCUT2D eigenvalue weighted by Crippen LogP contribution is 2.36. The van der Waals surface area contributed by atoms with Gasteiger partial charge in [0.2, 0.25) is 0 Å². The van der Waals surface area contributed by atoms with Crippen LogP contribution in [0.1, 0.15) is 29.5 Å². The van der Waals surface area contributed by atoms with Gasteiger partial charge < -0.3 is 19.4 Å². The van der Waals surface area contributed by atoms with Crippen molar-refractivity contribution in [3.8, 4) is 11.5 Å². The van der Waals surface area contributed by atoms with Crippen molar-refractivity contribution in [2.45, 2.75) is 37.6 Å². The second-order valence-electron chi connectivity index (χ2n) is 10.1. The number of nitrogens with one attached hydrogen (secondary N) is 1. The van der Waals surface area contributed by atoms with Gasteiger partial charge in [0, 0.05) is 30.6 Å². The summed E-state index contributed by atoms with van der Waals surface area (Å²) >= 11 is 0. The molecule has 0 aliphatic carbocycles. The predicted molar refractivity (Wildman–Crippen MR) is 144 cm³/mol. The summed E-state index contributed by atoms with van der Waals surface area (Å²) in [4.78, 5) is 20.2. The molecule has 3 aliphatic rings. The number of benzene rings is 3. The van der Waals surface area contributed by atoms with Crippen molar-refractivity contribution in [1.29, 1.82) is 0 Å². The summed E-state index contributed by atoms with van der Waals surface area (Å²) in [5.74, 6) is -0.209. The van der Waals surface area contributed by atoms with Gasteiger partial charge in [-0.05, 0) is 36.6 Å². The average molecular weight is 524 g/mol. The molecule has 39 heavy (non-hydrogen) atoms. The first-order valence-electron chi connectivity index (χ1n) is 13.2. The highest BCUT2D eigenvalue weighted by molar-refractivity contribution is 6.16. The van der Waals surface area contributed by atoms with E-state index in [1.807, 2.05) is 54.6 Å². The molecule has 1 aromatic heterocycles. The number of carbonyl (C=O) groups is 1. The monoisotopic (exact) mass is 523 g/mol. The Bertz CT molecular complexity index is 1560. The molecule has 3 aliphatic heterocycles. The Kier molecular flexibility index (Phi) is 5.93. The maximum Gasteiger partial charge on any atom is 0.317 e. The summed E-state index contributed by atoms with van der Waals surface area (Å²) in [6.45, 7) is 1.36. The fraction of sp³-hybridized carbons (Fsp3) is 0.267. The van der Waals surface area contributed by atoms with Gasteiger partial charge in [0.05, 0.1) is 29.2 Å². The average Bonchev–Trinajstić information content (AvgIpc) is 3.53. The number of ketones is 1. The second-order valence-corrected chi connectivity index (χ2v) is 10.1. The minimum absolute atomic E-state index is 0.0720. The fourth-order valence-corrected chi connectivity index (χ4v) is 5.67. The van der Waals surface area contributed by atoms with Gasteiger partial charge in [-0.1, -0.05) is 59.7 Å². The molecule has 196 valence electrons. The number of rotatable bonds is 5. The van der Waals surface area contributed by atoms with Gasteiger partial charge in [-0.2, -0.15) is 0 Å². The molecule has 4 aromatic rings. The molecule has 2 fully saturated rings. The van der Waals surface area contributed by atoms with Crippen molar-refractivity contribution in [1.82, 2.24) is 10.2 Å². The summed E-state index contributed by atoms with van der Waals surface area (Å²) < 4.78 is 26.3. The maximum atomic E-state index is 14.3. The maximum absolute atomic E-state index is 14.3. The van der Waals surface area contributed by atoms with Crippen LogP contribution in [0.25, 0.3) is 11.5 Å². The first-order chi connectivity index (χ1) is 19.1. The zero-order chi connectivity index (χ0) is 26.3. The SMILES string of the molecule is O=C1Cc2ccccc2C(c2ccccc2)=N[C@@H]1Nc1nnc(-c2ccc(F)cc2N2CC3CCC(C2)O3)o1. The number of halogens is 1. The molecule has 0 saturated carbocycles. The largest absolute Gasteiger partial charge is 0.403 e. The Morgan fingerprint density at radius 3 is 2.49 bits per heavy atom. The third-order valence-corrected chi connectivity index (χ3v) is 7.51. The third-order valence-electron chi connectivity index (χ3n) is 7.51. The molecule has 1 N–H and O–H groups in total. The van der Waals surface area contributed by atoms with Crippen molar-refractivity contribution in [3.05, 3.63) is 95.3 Å². The number of carbonyl (C=O) groups excluding carboxylic acids is 1. The van der Waals surface area contributed by atoms with Gasteiger partial charge in [-0.15, -0.1) is 5.10 Å². The summed E-state index contributed by atoms with van der Waals surface area (Å²) in [5, 5.41) is 11.4. The molecule has 2 saturated heterocycles. The highest BCUT2D eigenvalue weighted by atomic mass is 19.1. The summed E-state index contributed by atoms with van der Waals surface area (Å²) in [5.41, 5.74) is 4.78. The molecule has 3 aromatic carbocycles. The number of hydrogen-bond acceptors (Lipinski definition) is 8. The van der Waals surface area contributed by atoms with E-state index < -0.39 is 6.17 Å². The van der Waals surface area contributed by atoms with E-state index in [-0.39, 0.29) is 42.1 Å². The van der Waals surface area contributed by atoms with Gasteiger partial charge in [0.15, 0.2) is 11.9 Å². The Morgan fingerprint density at radius 2 is 1.67 bits per heavy atom. The van der Waals surface area contributed by atoms with Crippen LogP contribution in [0.5, 0.6) is 0 Å². The Morgan fingerprint density at radius 1 is 0.897 bits per heavy atom. The van der Waals surface area contributed by atoms with E-state index in [1.165, 1.54) is 12.1 Å². The van der Waals surface area contributed by atoms with E-state index in [1.54, 1.807) is 6.07 Å². The first kappa shape index (κ1) is 23.7. The van der Waals surface area contributed by atoms with E-state index in [2.05, 4.69) is 20.4 Å². The van der Waals surface area contributed by atoms with E-state index in [9.17, 15) is 9.18 Å². The molecule has 0 radical (unpaired) electrons. The predicted octanol–water partition coefficient (Wildman–Crippen LogP) is 4.64. The number of aliphatic imine (C=N–C) groups is 1. The Hall–Kier alpha value is -4.37. The summed E-state index contributed by atoms with van der Waals surface area (Å²) in [6.07, 6.45) is 1.60. The van der Waals surface area contributed by atoms with Crippen LogP contribution < -0.4 is 10.2 Å². The third kappa shape index (κ3) is 4.59. The molecule has 0 spiro atoms. The quantitative estimate of drug-likeness (QED) is 0.407. The van der Waals surface area contributed by atoms with E-state index in [0.717, 1.165) is 35.2 Å². The molecule has 3 atom stereocenters. The molecular formula is C30H26FN5O3. The van der Waals surface area contributed by atoms with Crippen LogP contribution in [0.2, 0.25) is 0 Å². The number of hydrogen-bond donors (Lipinski definition) is 1. The lowest BCUT2D eigenvalue weighted by molar-refractivity contribution is -0.119. The number of nitrogens with zero attached hydrogens (tertiary/aromatic N) is 4. The zero-order valence-electron chi connectivity index (χ0n) is 21.1. The van der Waals surface area contributed by atoms with Crippen molar-refractivity contribution < 1.29 is 18.3 Å². The Labute approximate surface area is 224 Å². The van der Waals surface area contributed by atoms with Crippen LogP contribution in [0, 0.1) is 5.82 Å². The highest BCUT2D eigenvalue weighted by Gasteiger charge is 2.35. The molecule has 9 heteroatoms. The molecule has 2 unspecified atom stereocenters. The van der Waals surface area contributed by atoms with Crippen molar-refractivity contribution in [2.24, 2.45) is 4.99 Å². The van der Waals surface area contributed by atoms with Crippen molar-refractivity contribution >= 4 is 23.2 Å². The molecule has 2 bridgehead atoms. The van der Waals surface area contributed by atoms with Crippen LogP contribution in [-0.4, -0.2) is 53.2 Å². The van der Waals surface area contributed by atoms with Crippen LogP contribution in [0.4, 0.5) is 16.1 Å². The Balaban J connectivity index is 1.20. The lowest BCUT2D eigenvalue weighted by Gasteiger charge is -2.34. The van der Waals surface area contributed by atoms with E-state index in [4.69, 9.17) is 14.1 Å². The minimum Gasteiger partial charge on any atom is -0.403 e. The minimum atomic E-state index is -0.913. The van der Waals surface area contributed by atoms with Crippen LogP contribution in [0.15, 0.2) is 82.2 Å². The number of anilines is 2. The molecule has 4 heterocycles. The van der Waals surface area contributed by atoms with Gasteiger partial charge in [0.25, 0.3) is 5.89 Å². The molecule has 8 nitrogen and oxygen atoms in total. The van der Waals surface area contributed by atoms with Crippen LogP contribution in [0.3, 0.4) is 0 Å². The first-order valence-corrected chi connectivity index (χ1v) is 13.2. The summed E-state index contributed by atoms with van der Waals surface area (Å²) in [6, 6.07) is 22.2. The lowest BCUT2D eigenvalue weighted by atomic mass is 9.96. The number of aromatic nitrogens is 2. The van der Waals surface area contributed by atoms with Gasteiger partial charge >= 0.3 is 6.01 Å². The number of morpholine rings is 1. The van der Waals surface area contributed by atoms with Crippen molar-refractivity contribution in [2.75, 3.05) is 23.3 Å². The van der Waals surface area contributed by atoms with E-state index >= 15 is 0 Å². The second kappa shape index (κ2) is 9.74. The number of ether oxygens (including phenoxy) is 1. The number of fused-ring (bicyclic) bond motifs is 3. The van der Waals surface area contributed by atoms with Crippen molar-refractivity contribution in [3.63, 3.8) is 0 Å². The topological polar surface area (TPSA) is 92.9 Å². The number of Topliss-reactive ketones (excluding diaryl/α,β-unsaturated/α-hetero) is 1. The smallest absolute Gasteiger partial charge is 0.317 e. The van der Waals surface area contributed by atoms with Gasteiger partial charge in [0.1, 0.15) is 5.82 Å². The lowest BCUT2D eigenvalue weighted by Crippen LogP contribution is -2.42. The van der Waals surface area contributed by atoms with Crippen LogP contribution in [-0.2, 0) is 16.0 Å². The van der Waals surface area contributed by atoms with Gasteiger partial charge in [-0.3, -0.25) is 9.79 Å². The standard InChI is InChI=1S/C30H26FN5O3/c31-20-10-13-24(25(15-20)36-16-21-11-12-22(17-36)38-21)29-34-35-30(39-29)33-28-26(37)14-19-8-4-5-9-23(19)27(32-28)18-6-2-1-3-7-18/h1-10,13,15,21-22,28H,11-12,14,16-17H2,(H,33,35)/t21?,22?,28-/m1/s1.